The first-order chi connectivity index (χ1) is 13.9. The smallest absolute Gasteiger partial charge is 0.269 e. The Morgan fingerprint density at radius 2 is 1.90 bits per heavy atom. The zero-order chi connectivity index (χ0) is 20.3. The number of halogens is 2. The van der Waals surface area contributed by atoms with Crippen LogP contribution >= 0.6 is 23.6 Å². The van der Waals surface area contributed by atoms with Crippen LogP contribution in [0.15, 0.2) is 35.1 Å². The molecule has 2 N–H and O–H groups in total. The van der Waals surface area contributed by atoms with Gasteiger partial charge in [-0.2, -0.15) is 0 Å². The van der Waals surface area contributed by atoms with Crippen LogP contribution in [0.5, 0.6) is 11.5 Å². The Kier molecular flexibility index (Phi) is 3.89. The summed E-state index contributed by atoms with van der Waals surface area (Å²) in [6, 6.07) is 6.36. The molecule has 0 bridgehead atoms. The van der Waals surface area contributed by atoms with Gasteiger partial charge in [0.1, 0.15) is 27.8 Å². The fraction of sp³-hybridized carbons (Fsp3) is 0.0556. The Bertz CT molecular complexity index is 1440. The fourth-order valence-electron chi connectivity index (χ4n) is 3.12. The van der Waals surface area contributed by atoms with Crippen molar-refractivity contribution in [3.63, 3.8) is 0 Å². The lowest BCUT2D eigenvalue weighted by Crippen LogP contribution is -2.16. The number of nitrogens with one attached hydrogen (secondary N) is 2. The van der Waals surface area contributed by atoms with E-state index < -0.39 is 28.8 Å². The van der Waals surface area contributed by atoms with Crippen molar-refractivity contribution in [2.75, 3.05) is 12.1 Å². The summed E-state index contributed by atoms with van der Waals surface area (Å²) in [5.41, 5.74) is -0.519. The van der Waals surface area contributed by atoms with Gasteiger partial charge in [-0.05, 0) is 30.4 Å². The second kappa shape index (κ2) is 6.36. The number of thiazole rings is 1. The largest absolute Gasteiger partial charge is 0.454 e. The summed E-state index contributed by atoms with van der Waals surface area (Å²) in [4.78, 5) is 27.9. The molecule has 0 radical (unpaired) electrons. The molecule has 0 saturated heterocycles. The van der Waals surface area contributed by atoms with Gasteiger partial charge in [0.15, 0.2) is 15.5 Å². The lowest BCUT2D eigenvalue weighted by atomic mass is 10.2. The highest BCUT2D eigenvalue weighted by atomic mass is 32.1. The highest BCUT2D eigenvalue weighted by molar-refractivity contribution is 7.73. The number of amides is 1. The van der Waals surface area contributed by atoms with Crippen LogP contribution in [0.1, 0.15) is 9.67 Å². The first-order valence-electron chi connectivity index (χ1n) is 8.20. The van der Waals surface area contributed by atoms with Gasteiger partial charge >= 0.3 is 0 Å². The van der Waals surface area contributed by atoms with Gasteiger partial charge in [0.2, 0.25) is 6.79 Å². The van der Waals surface area contributed by atoms with Gasteiger partial charge in [-0.1, -0.05) is 17.4 Å². The van der Waals surface area contributed by atoms with Gasteiger partial charge in [-0.3, -0.25) is 14.0 Å². The summed E-state index contributed by atoms with van der Waals surface area (Å²) in [5, 5.41) is 2.50. The van der Waals surface area contributed by atoms with Crippen LogP contribution in [-0.2, 0) is 0 Å². The van der Waals surface area contributed by atoms with Crippen molar-refractivity contribution in [3.8, 4) is 11.5 Å². The van der Waals surface area contributed by atoms with Crippen molar-refractivity contribution in [2.24, 2.45) is 0 Å². The summed E-state index contributed by atoms with van der Waals surface area (Å²) < 4.78 is 40.2. The van der Waals surface area contributed by atoms with Gasteiger partial charge in [-0.25, -0.2) is 8.78 Å². The van der Waals surface area contributed by atoms with E-state index in [4.69, 9.17) is 21.7 Å². The summed E-state index contributed by atoms with van der Waals surface area (Å²) in [5.74, 6) is -1.77. The molecule has 7 nitrogen and oxygen atoms in total. The third-order valence-electron chi connectivity index (χ3n) is 4.43. The minimum Gasteiger partial charge on any atom is -0.454 e. The van der Waals surface area contributed by atoms with Crippen molar-refractivity contribution in [3.05, 3.63) is 61.2 Å². The summed E-state index contributed by atoms with van der Waals surface area (Å²) in [6.45, 7) is 0.0313. The molecule has 3 heterocycles. The van der Waals surface area contributed by atoms with E-state index in [-0.39, 0.29) is 21.3 Å². The molecule has 29 heavy (non-hydrogen) atoms. The zero-order valence-electron chi connectivity index (χ0n) is 14.2. The van der Waals surface area contributed by atoms with E-state index in [9.17, 15) is 18.4 Å². The van der Waals surface area contributed by atoms with Crippen molar-refractivity contribution >= 4 is 51.7 Å². The van der Waals surface area contributed by atoms with E-state index in [2.05, 4.69) is 10.3 Å². The van der Waals surface area contributed by atoms with E-state index in [1.54, 1.807) is 6.07 Å². The maximum absolute atomic E-state index is 13.9. The second-order valence-electron chi connectivity index (χ2n) is 6.11. The summed E-state index contributed by atoms with van der Waals surface area (Å²) in [6.07, 6.45) is 0. The predicted octanol–water partition coefficient (Wildman–Crippen LogP) is 3.83. The molecule has 0 unspecified atom stereocenters. The monoisotopic (exact) mass is 433 g/mol. The molecular weight excluding hydrogens is 424 g/mol. The molecule has 2 aromatic heterocycles. The van der Waals surface area contributed by atoms with Gasteiger partial charge in [-0.15, -0.1) is 0 Å². The number of carbonyl (C=O) groups is 1. The van der Waals surface area contributed by atoms with Gasteiger partial charge in [0.05, 0.1) is 10.9 Å². The fourth-order valence-corrected chi connectivity index (χ4v) is 4.40. The highest BCUT2D eigenvalue weighted by Gasteiger charge is 2.23. The number of carbonyl (C=O) groups excluding carboxylic acids is 1. The van der Waals surface area contributed by atoms with Crippen molar-refractivity contribution in [1.82, 2.24) is 9.38 Å². The van der Waals surface area contributed by atoms with E-state index in [1.165, 1.54) is 16.5 Å². The van der Waals surface area contributed by atoms with E-state index in [0.29, 0.717) is 22.4 Å². The molecule has 4 aromatic rings. The number of para-hydroxylation sites is 1. The normalized spacial score (nSPS) is 12.6. The maximum Gasteiger partial charge on any atom is 0.269 e. The van der Waals surface area contributed by atoms with Crippen LogP contribution in [0.3, 0.4) is 0 Å². The standard InChI is InChI=1S/C18H9F2N3O4S2/c19-8-2-1-3-9(20)13(8)21-17(25)14-15-22-16(24)7-4-11-12(27-6-26-11)5-10(7)23(15)18(28)29-14/h1-5H,6H2,(H,21,25)(H,22,24). The lowest BCUT2D eigenvalue weighted by molar-refractivity contribution is 0.103. The van der Waals surface area contributed by atoms with Gasteiger partial charge in [0.25, 0.3) is 11.5 Å². The minimum atomic E-state index is -0.919. The van der Waals surface area contributed by atoms with E-state index in [0.717, 1.165) is 23.5 Å². The summed E-state index contributed by atoms with van der Waals surface area (Å²) in [7, 11) is 0. The molecule has 0 saturated carbocycles. The third-order valence-corrected chi connectivity index (χ3v) is 5.80. The molecule has 1 amide bonds. The average molecular weight is 433 g/mol. The Labute approximate surface area is 169 Å². The molecule has 0 fully saturated rings. The molecule has 11 heteroatoms. The first-order valence-corrected chi connectivity index (χ1v) is 9.43. The molecule has 0 spiro atoms. The zero-order valence-corrected chi connectivity index (χ0v) is 15.9. The van der Waals surface area contributed by atoms with Crippen LogP contribution in [0.2, 0.25) is 0 Å². The number of fused-ring (bicyclic) bond motifs is 4. The molecule has 1 aliphatic heterocycles. The number of ether oxygens (including phenoxy) is 2. The van der Waals surface area contributed by atoms with Crippen molar-refractivity contribution in [2.45, 2.75) is 0 Å². The van der Waals surface area contributed by atoms with Gasteiger partial charge < -0.3 is 19.8 Å². The first kappa shape index (κ1) is 17.8. The lowest BCUT2D eigenvalue weighted by Gasteiger charge is -2.07. The Balaban J connectivity index is 1.71. The number of hydrogen-bond donors (Lipinski definition) is 2. The van der Waals surface area contributed by atoms with Crippen molar-refractivity contribution in [1.29, 1.82) is 0 Å². The number of hydrogen-bond acceptors (Lipinski definition) is 6. The number of rotatable bonds is 2. The van der Waals surface area contributed by atoms with Crippen LogP contribution in [-0.4, -0.2) is 22.1 Å². The molecule has 0 aliphatic carbocycles. The number of nitrogens with zero attached hydrogens (tertiary/aromatic N) is 1. The molecule has 5 rings (SSSR count). The number of aromatic amines is 1. The number of H-pyrrole nitrogens is 1. The molecule has 0 atom stereocenters. The Morgan fingerprint density at radius 1 is 1.21 bits per heavy atom. The molecule has 1 aliphatic rings. The molecule has 146 valence electrons. The van der Waals surface area contributed by atoms with Crippen LogP contribution < -0.4 is 20.3 Å². The minimum absolute atomic E-state index is 0.00863. The number of anilines is 1. The Morgan fingerprint density at radius 3 is 2.62 bits per heavy atom. The second-order valence-corrected chi connectivity index (χ2v) is 7.75. The number of aromatic nitrogens is 2. The quantitative estimate of drug-likeness (QED) is 0.470. The summed E-state index contributed by atoms with van der Waals surface area (Å²) >= 11 is 6.27. The van der Waals surface area contributed by atoms with Crippen LogP contribution in [0.4, 0.5) is 14.5 Å². The molecular formula is C18H9F2N3O4S2. The van der Waals surface area contributed by atoms with E-state index >= 15 is 0 Å². The van der Waals surface area contributed by atoms with Gasteiger partial charge in [0, 0.05) is 6.07 Å². The van der Waals surface area contributed by atoms with Crippen LogP contribution in [0, 0.1) is 15.6 Å². The topological polar surface area (TPSA) is 84.8 Å². The van der Waals surface area contributed by atoms with Crippen molar-refractivity contribution < 1.29 is 23.0 Å². The third kappa shape index (κ3) is 2.69. The predicted molar refractivity (Wildman–Crippen MR) is 105 cm³/mol. The highest BCUT2D eigenvalue weighted by Crippen LogP contribution is 2.36. The average Bonchev–Trinajstić information content (AvgIpc) is 3.27. The Hall–Kier alpha value is -3.31. The SMILES string of the molecule is O=C(Nc1c(F)cccc1F)c1sc(=S)n2c1[nH]c(=O)c1cc3c(cc12)OCO3. The molecule has 2 aromatic carbocycles. The van der Waals surface area contributed by atoms with E-state index in [1.807, 2.05) is 0 Å². The van der Waals surface area contributed by atoms with Crippen LogP contribution in [0.25, 0.3) is 16.6 Å². The maximum atomic E-state index is 13.9. The number of benzene rings is 2.